The number of thiophene rings is 1. The van der Waals surface area contributed by atoms with E-state index in [-0.39, 0.29) is 0 Å². The van der Waals surface area contributed by atoms with E-state index in [1.54, 1.807) is 6.07 Å². The van der Waals surface area contributed by atoms with Gasteiger partial charge in [0, 0.05) is 11.3 Å². The van der Waals surface area contributed by atoms with Gasteiger partial charge >= 0.3 is 12.1 Å². The molecule has 0 spiro atoms. The summed E-state index contributed by atoms with van der Waals surface area (Å²) in [5.74, 6) is -3.22. The second kappa shape index (κ2) is 7.63. The van der Waals surface area contributed by atoms with Gasteiger partial charge in [-0.25, -0.2) is 4.79 Å². The Balaban J connectivity index is 0.000000322. The molecular weight excluding hydrogens is 333 g/mol. The lowest BCUT2D eigenvalue weighted by Gasteiger charge is -1.96. The predicted molar refractivity (Wildman–Crippen MR) is 80.2 cm³/mol. The number of halogens is 3. The van der Waals surface area contributed by atoms with E-state index in [0.717, 1.165) is 11.3 Å². The zero-order chi connectivity index (χ0) is 17.6. The standard InChI is InChI=1S/C12H12N2OS.C2HF3O2/c13-11(15)10-7-9(16-12(10)14)6-8-4-2-1-3-5-8;3-2(4,5)1(6)7/h1-5,7H,6,14H2,(H2,13,15);(H,6,7). The van der Waals surface area contributed by atoms with Gasteiger partial charge in [-0.2, -0.15) is 13.2 Å². The Hall–Kier alpha value is -2.55. The number of nitrogens with two attached hydrogens (primary N) is 2. The summed E-state index contributed by atoms with van der Waals surface area (Å²) in [6, 6.07) is 11.8. The van der Waals surface area contributed by atoms with Crippen LogP contribution in [0.25, 0.3) is 0 Å². The van der Waals surface area contributed by atoms with Crippen LogP contribution in [0.3, 0.4) is 0 Å². The Kier molecular flexibility index (Phi) is 6.14. The summed E-state index contributed by atoms with van der Waals surface area (Å²) in [5.41, 5.74) is 12.5. The lowest BCUT2D eigenvalue weighted by atomic mass is 10.1. The smallest absolute Gasteiger partial charge is 0.475 e. The van der Waals surface area contributed by atoms with Crippen LogP contribution in [0.5, 0.6) is 0 Å². The molecule has 0 aliphatic rings. The van der Waals surface area contributed by atoms with Crippen LogP contribution >= 0.6 is 11.3 Å². The second-order valence-electron chi connectivity index (χ2n) is 4.32. The van der Waals surface area contributed by atoms with Crippen molar-refractivity contribution in [2.45, 2.75) is 12.6 Å². The first-order chi connectivity index (χ1) is 10.6. The highest BCUT2D eigenvalue weighted by molar-refractivity contribution is 7.16. The number of carboxylic acid groups (broad SMARTS) is 1. The molecule has 0 aliphatic carbocycles. The van der Waals surface area contributed by atoms with Crippen LogP contribution < -0.4 is 11.5 Å². The van der Waals surface area contributed by atoms with E-state index >= 15 is 0 Å². The number of carbonyl (C=O) groups is 2. The van der Waals surface area contributed by atoms with Gasteiger partial charge in [-0.15, -0.1) is 11.3 Å². The van der Waals surface area contributed by atoms with Crippen LogP contribution in [0.1, 0.15) is 20.8 Å². The number of anilines is 1. The fourth-order valence-corrected chi connectivity index (χ4v) is 2.50. The van der Waals surface area contributed by atoms with E-state index < -0.39 is 18.1 Å². The Morgan fingerprint density at radius 2 is 1.70 bits per heavy atom. The lowest BCUT2D eigenvalue weighted by molar-refractivity contribution is -0.192. The first kappa shape index (κ1) is 18.5. The van der Waals surface area contributed by atoms with Crippen LogP contribution in [0, 0.1) is 0 Å². The Labute approximate surface area is 133 Å². The lowest BCUT2D eigenvalue weighted by Crippen LogP contribution is -2.21. The average molecular weight is 346 g/mol. The van der Waals surface area contributed by atoms with Gasteiger partial charge in [-0.05, 0) is 11.6 Å². The number of primary amides is 1. The van der Waals surface area contributed by atoms with Crippen LogP contribution in [-0.2, 0) is 11.2 Å². The van der Waals surface area contributed by atoms with Gasteiger partial charge in [0.05, 0.1) is 10.6 Å². The molecule has 124 valence electrons. The maximum atomic E-state index is 11.0. The number of nitrogen functional groups attached to an aromatic ring is 1. The molecule has 0 saturated heterocycles. The number of alkyl halides is 3. The van der Waals surface area contributed by atoms with Gasteiger partial charge in [0.25, 0.3) is 5.91 Å². The first-order valence-electron chi connectivity index (χ1n) is 6.13. The monoisotopic (exact) mass is 346 g/mol. The SMILES string of the molecule is NC(=O)c1cc(Cc2ccccc2)sc1N.O=C(O)C(F)(F)F. The van der Waals surface area contributed by atoms with Crippen molar-refractivity contribution < 1.29 is 27.9 Å². The number of rotatable bonds is 3. The molecule has 1 aromatic carbocycles. The third kappa shape index (κ3) is 5.99. The summed E-state index contributed by atoms with van der Waals surface area (Å²) in [6.07, 6.45) is -4.30. The zero-order valence-electron chi connectivity index (χ0n) is 11.6. The molecule has 5 nitrogen and oxygen atoms in total. The number of carboxylic acids is 1. The number of hydrogen-bond acceptors (Lipinski definition) is 4. The molecule has 0 aliphatic heterocycles. The maximum absolute atomic E-state index is 11.0. The fourth-order valence-electron chi connectivity index (χ4n) is 1.53. The topological polar surface area (TPSA) is 106 Å². The fraction of sp³-hybridized carbons (Fsp3) is 0.143. The highest BCUT2D eigenvalue weighted by atomic mass is 32.1. The molecule has 5 N–H and O–H groups in total. The molecule has 0 saturated carbocycles. The summed E-state index contributed by atoms with van der Waals surface area (Å²) >= 11 is 1.41. The normalized spacial score (nSPS) is 10.6. The van der Waals surface area contributed by atoms with Crippen LogP contribution in [0.15, 0.2) is 36.4 Å². The molecular formula is C14H13F3N2O3S. The van der Waals surface area contributed by atoms with Crippen molar-refractivity contribution in [2.24, 2.45) is 5.73 Å². The van der Waals surface area contributed by atoms with Crippen molar-refractivity contribution in [2.75, 3.05) is 5.73 Å². The third-order valence-corrected chi connectivity index (χ3v) is 3.51. The van der Waals surface area contributed by atoms with E-state index in [2.05, 4.69) is 0 Å². The Morgan fingerprint density at radius 1 is 1.17 bits per heavy atom. The van der Waals surface area contributed by atoms with E-state index in [1.807, 2.05) is 30.3 Å². The molecule has 9 heteroatoms. The third-order valence-electron chi connectivity index (χ3n) is 2.54. The summed E-state index contributed by atoms with van der Waals surface area (Å²) in [4.78, 5) is 21.0. The van der Waals surface area contributed by atoms with E-state index in [4.69, 9.17) is 21.4 Å². The molecule has 2 rings (SSSR count). The van der Waals surface area contributed by atoms with Gasteiger partial charge < -0.3 is 16.6 Å². The molecule has 0 unspecified atom stereocenters. The summed E-state index contributed by atoms with van der Waals surface area (Å²) in [6.45, 7) is 0. The van der Waals surface area contributed by atoms with E-state index in [9.17, 15) is 18.0 Å². The number of benzene rings is 1. The molecule has 23 heavy (non-hydrogen) atoms. The molecule has 2 aromatic rings. The highest BCUT2D eigenvalue weighted by Crippen LogP contribution is 2.26. The molecule has 0 bridgehead atoms. The molecule has 0 fully saturated rings. The quantitative estimate of drug-likeness (QED) is 0.794. The number of hydrogen-bond donors (Lipinski definition) is 3. The van der Waals surface area contributed by atoms with Gasteiger partial charge in [0.1, 0.15) is 0 Å². The molecule has 0 radical (unpaired) electrons. The largest absolute Gasteiger partial charge is 0.490 e. The van der Waals surface area contributed by atoms with E-state index in [0.29, 0.717) is 10.6 Å². The first-order valence-corrected chi connectivity index (χ1v) is 6.95. The molecule has 1 heterocycles. The number of aliphatic carboxylic acids is 1. The average Bonchev–Trinajstić information content (AvgIpc) is 2.80. The summed E-state index contributed by atoms with van der Waals surface area (Å²) < 4.78 is 31.7. The minimum absolute atomic E-state index is 0.427. The van der Waals surface area contributed by atoms with Crippen molar-refractivity contribution in [3.63, 3.8) is 0 Å². The van der Waals surface area contributed by atoms with Crippen LogP contribution in [0.4, 0.5) is 18.2 Å². The second-order valence-corrected chi connectivity index (χ2v) is 5.49. The summed E-state index contributed by atoms with van der Waals surface area (Å²) in [5, 5.41) is 7.62. The Bertz CT molecular complexity index is 684. The molecule has 1 aromatic heterocycles. The van der Waals surface area contributed by atoms with Crippen molar-refractivity contribution in [3.05, 3.63) is 52.4 Å². The van der Waals surface area contributed by atoms with Crippen LogP contribution in [-0.4, -0.2) is 23.2 Å². The Morgan fingerprint density at radius 3 is 2.09 bits per heavy atom. The van der Waals surface area contributed by atoms with E-state index in [1.165, 1.54) is 16.9 Å². The van der Waals surface area contributed by atoms with Gasteiger partial charge in [0.15, 0.2) is 0 Å². The minimum Gasteiger partial charge on any atom is -0.475 e. The highest BCUT2D eigenvalue weighted by Gasteiger charge is 2.38. The van der Waals surface area contributed by atoms with Crippen molar-refractivity contribution in [3.8, 4) is 0 Å². The molecule has 0 atom stereocenters. The van der Waals surface area contributed by atoms with Crippen molar-refractivity contribution >= 4 is 28.2 Å². The van der Waals surface area contributed by atoms with Crippen molar-refractivity contribution in [1.82, 2.24) is 0 Å². The number of amides is 1. The van der Waals surface area contributed by atoms with Gasteiger partial charge in [-0.3, -0.25) is 4.79 Å². The van der Waals surface area contributed by atoms with Gasteiger partial charge in [-0.1, -0.05) is 30.3 Å². The van der Waals surface area contributed by atoms with Crippen molar-refractivity contribution in [1.29, 1.82) is 0 Å². The van der Waals surface area contributed by atoms with Crippen LogP contribution in [0.2, 0.25) is 0 Å². The van der Waals surface area contributed by atoms with Gasteiger partial charge in [0.2, 0.25) is 0 Å². The maximum Gasteiger partial charge on any atom is 0.490 e. The predicted octanol–water partition coefficient (Wildman–Crippen LogP) is 2.65. The zero-order valence-corrected chi connectivity index (χ0v) is 12.4. The number of carbonyl (C=O) groups excluding carboxylic acids is 1. The minimum atomic E-state index is -5.08. The summed E-state index contributed by atoms with van der Waals surface area (Å²) in [7, 11) is 0. The molecule has 1 amide bonds.